The van der Waals surface area contributed by atoms with Crippen LogP contribution in [0.25, 0.3) is 0 Å². The van der Waals surface area contributed by atoms with Crippen LogP contribution in [0.15, 0.2) is 28.5 Å². The van der Waals surface area contributed by atoms with Gasteiger partial charge in [-0.05, 0) is 26.2 Å². The third kappa shape index (κ3) is 2.66. The van der Waals surface area contributed by atoms with E-state index < -0.39 is 0 Å². The van der Waals surface area contributed by atoms with Crippen LogP contribution in [0.4, 0.5) is 0 Å². The zero-order chi connectivity index (χ0) is 8.10. The summed E-state index contributed by atoms with van der Waals surface area (Å²) in [6, 6.07) is 0. The van der Waals surface area contributed by atoms with Crippen molar-refractivity contribution >= 4 is 0 Å². The van der Waals surface area contributed by atoms with E-state index in [1.165, 1.54) is 11.1 Å². The van der Waals surface area contributed by atoms with Gasteiger partial charge in [-0.1, -0.05) is 28.5 Å². The first kappa shape index (κ1) is 8.18. The quantitative estimate of drug-likeness (QED) is 0.450. The Labute approximate surface area is 67.0 Å². The van der Waals surface area contributed by atoms with Gasteiger partial charge in [-0.3, -0.25) is 0 Å². The molecule has 0 radical (unpaired) electrons. The van der Waals surface area contributed by atoms with Crippen molar-refractivity contribution in [3.8, 4) is 0 Å². The van der Waals surface area contributed by atoms with Gasteiger partial charge in [0.2, 0.25) is 0 Å². The molecule has 2 nitrogen and oxygen atoms in total. The lowest BCUT2D eigenvalue weighted by Gasteiger charge is -2.09. The molecule has 0 saturated carbocycles. The van der Waals surface area contributed by atoms with E-state index in [2.05, 4.69) is 24.3 Å². The first-order valence-electron chi connectivity index (χ1n) is 3.95. The Morgan fingerprint density at radius 2 is 2.36 bits per heavy atom. The summed E-state index contributed by atoms with van der Waals surface area (Å²) in [5.74, 6) is 0. The topological polar surface area (TPSA) is 29.4 Å². The standard InChI is InChI=1S/C9H13NO/c1-8-3-2-4-9(7-8)5-6-10-11/h3-4H,2,5-7H2,1H3. The minimum atomic E-state index is 0.430. The fourth-order valence-electron chi connectivity index (χ4n) is 1.31. The van der Waals surface area contributed by atoms with E-state index in [1.807, 2.05) is 0 Å². The molecule has 0 aromatic carbocycles. The lowest BCUT2D eigenvalue weighted by molar-refractivity contribution is 0.875. The minimum Gasteiger partial charge on any atom is -0.151 e. The van der Waals surface area contributed by atoms with Gasteiger partial charge in [0.25, 0.3) is 0 Å². The van der Waals surface area contributed by atoms with Gasteiger partial charge in [0, 0.05) is 0 Å². The monoisotopic (exact) mass is 151 g/mol. The summed E-state index contributed by atoms with van der Waals surface area (Å²) in [6.45, 7) is 2.56. The van der Waals surface area contributed by atoms with Crippen LogP contribution in [-0.2, 0) is 0 Å². The molecule has 0 heterocycles. The molecule has 0 atom stereocenters. The average molecular weight is 151 g/mol. The van der Waals surface area contributed by atoms with E-state index in [0.717, 1.165) is 19.3 Å². The van der Waals surface area contributed by atoms with E-state index >= 15 is 0 Å². The summed E-state index contributed by atoms with van der Waals surface area (Å²) >= 11 is 0. The third-order valence-corrected chi connectivity index (χ3v) is 1.90. The Morgan fingerprint density at radius 3 is 3.00 bits per heavy atom. The van der Waals surface area contributed by atoms with Crippen molar-refractivity contribution in [2.24, 2.45) is 5.18 Å². The summed E-state index contributed by atoms with van der Waals surface area (Å²) in [6.07, 6.45) is 7.32. The largest absolute Gasteiger partial charge is 0.151 e. The molecule has 0 saturated heterocycles. The van der Waals surface area contributed by atoms with Crippen LogP contribution in [0, 0.1) is 4.91 Å². The smallest absolute Gasteiger partial charge is 0.0848 e. The number of hydrogen-bond donors (Lipinski definition) is 0. The van der Waals surface area contributed by atoms with Crippen molar-refractivity contribution in [1.82, 2.24) is 0 Å². The molecular weight excluding hydrogens is 138 g/mol. The van der Waals surface area contributed by atoms with E-state index in [4.69, 9.17) is 0 Å². The number of hydrogen-bond acceptors (Lipinski definition) is 2. The first-order valence-corrected chi connectivity index (χ1v) is 3.95. The fourth-order valence-corrected chi connectivity index (χ4v) is 1.31. The van der Waals surface area contributed by atoms with Gasteiger partial charge in [-0.25, -0.2) is 0 Å². The molecule has 60 valence electrons. The van der Waals surface area contributed by atoms with Crippen molar-refractivity contribution in [2.45, 2.75) is 26.2 Å². The van der Waals surface area contributed by atoms with Crippen molar-refractivity contribution < 1.29 is 0 Å². The molecule has 1 aliphatic rings. The number of nitroso groups, excluding NO2 is 1. The summed E-state index contributed by atoms with van der Waals surface area (Å²) in [7, 11) is 0. The Bertz CT molecular complexity index is 204. The highest BCUT2D eigenvalue weighted by Gasteiger charge is 2.02. The van der Waals surface area contributed by atoms with E-state index in [9.17, 15) is 4.91 Å². The predicted molar refractivity (Wildman–Crippen MR) is 46.4 cm³/mol. The molecule has 0 aliphatic heterocycles. The van der Waals surface area contributed by atoms with Gasteiger partial charge in [0.1, 0.15) is 0 Å². The maximum Gasteiger partial charge on any atom is 0.0848 e. The van der Waals surface area contributed by atoms with Crippen molar-refractivity contribution in [3.05, 3.63) is 28.2 Å². The number of allylic oxidation sites excluding steroid dienone is 3. The summed E-state index contributed by atoms with van der Waals surface area (Å²) in [4.78, 5) is 9.84. The van der Waals surface area contributed by atoms with Gasteiger partial charge in [0.15, 0.2) is 0 Å². The normalized spacial score (nSPS) is 17.2. The van der Waals surface area contributed by atoms with Crippen LogP contribution in [0.2, 0.25) is 0 Å². The van der Waals surface area contributed by atoms with Crippen LogP contribution >= 0.6 is 0 Å². The zero-order valence-corrected chi connectivity index (χ0v) is 6.84. The molecular formula is C9H13NO. The molecule has 0 aromatic rings. The summed E-state index contributed by atoms with van der Waals surface area (Å²) in [5.41, 5.74) is 2.78. The molecule has 0 amide bonds. The lowest BCUT2D eigenvalue weighted by Crippen LogP contribution is -1.93. The highest BCUT2D eigenvalue weighted by atomic mass is 16.3. The molecule has 0 bridgehead atoms. The molecule has 0 spiro atoms. The second-order valence-corrected chi connectivity index (χ2v) is 2.93. The molecule has 0 N–H and O–H groups in total. The molecule has 1 aliphatic carbocycles. The third-order valence-electron chi connectivity index (χ3n) is 1.90. The molecule has 1 rings (SSSR count). The minimum absolute atomic E-state index is 0.430. The van der Waals surface area contributed by atoms with Gasteiger partial charge in [-0.2, -0.15) is 4.91 Å². The highest BCUT2D eigenvalue weighted by Crippen LogP contribution is 2.20. The van der Waals surface area contributed by atoms with E-state index in [1.54, 1.807) is 0 Å². The summed E-state index contributed by atoms with van der Waals surface area (Å²) < 4.78 is 0. The van der Waals surface area contributed by atoms with Crippen LogP contribution in [-0.4, -0.2) is 6.54 Å². The SMILES string of the molecule is CC1=CCC=C(CCN=O)C1. The Morgan fingerprint density at radius 1 is 1.55 bits per heavy atom. The van der Waals surface area contributed by atoms with E-state index in [0.29, 0.717) is 6.54 Å². The number of nitrogens with zero attached hydrogens (tertiary/aromatic N) is 1. The molecule has 2 heteroatoms. The Balaban J connectivity index is 2.36. The average Bonchev–Trinajstić information content (AvgIpc) is 2.01. The first-order chi connectivity index (χ1) is 5.33. The summed E-state index contributed by atoms with van der Waals surface area (Å²) in [5, 5.41) is 2.84. The van der Waals surface area contributed by atoms with Gasteiger partial charge in [-0.15, -0.1) is 0 Å². The van der Waals surface area contributed by atoms with Gasteiger partial charge < -0.3 is 0 Å². The lowest BCUT2D eigenvalue weighted by atomic mass is 9.97. The second-order valence-electron chi connectivity index (χ2n) is 2.93. The maximum absolute atomic E-state index is 9.84. The van der Waals surface area contributed by atoms with Gasteiger partial charge in [0.05, 0.1) is 6.54 Å². The Hall–Kier alpha value is -0.920. The van der Waals surface area contributed by atoms with Crippen LogP contribution in [0.5, 0.6) is 0 Å². The van der Waals surface area contributed by atoms with Crippen LogP contribution < -0.4 is 0 Å². The van der Waals surface area contributed by atoms with Crippen molar-refractivity contribution in [2.75, 3.05) is 6.54 Å². The van der Waals surface area contributed by atoms with Gasteiger partial charge >= 0.3 is 0 Å². The molecule has 0 unspecified atom stereocenters. The molecule has 0 aromatic heterocycles. The zero-order valence-electron chi connectivity index (χ0n) is 6.84. The predicted octanol–water partition coefficient (Wildman–Crippen LogP) is 2.81. The fraction of sp³-hybridized carbons (Fsp3) is 0.556. The maximum atomic E-state index is 9.84. The Kier molecular flexibility index (Phi) is 3.02. The number of rotatable bonds is 3. The van der Waals surface area contributed by atoms with Crippen molar-refractivity contribution in [3.63, 3.8) is 0 Å². The van der Waals surface area contributed by atoms with E-state index in [-0.39, 0.29) is 0 Å². The molecule has 11 heavy (non-hydrogen) atoms. The van der Waals surface area contributed by atoms with Crippen molar-refractivity contribution in [1.29, 1.82) is 0 Å². The molecule has 0 fully saturated rings. The van der Waals surface area contributed by atoms with Crippen LogP contribution in [0.1, 0.15) is 26.2 Å². The second kappa shape index (κ2) is 4.06. The van der Waals surface area contributed by atoms with Crippen LogP contribution in [0.3, 0.4) is 0 Å². The highest BCUT2D eigenvalue weighted by molar-refractivity contribution is 5.20.